The van der Waals surface area contributed by atoms with Gasteiger partial charge in [-0.15, -0.1) is 0 Å². The highest BCUT2D eigenvalue weighted by Crippen LogP contribution is 2.27. The predicted octanol–water partition coefficient (Wildman–Crippen LogP) is 3.20. The lowest BCUT2D eigenvalue weighted by Crippen LogP contribution is -2.47. The second-order valence-electron chi connectivity index (χ2n) is 8.51. The number of hydrogen-bond acceptors (Lipinski definition) is 7. The first kappa shape index (κ1) is 24.5. The number of benzene rings is 1. The number of cyclic esters (lactones) is 1. The Bertz CT molecular complexity index is 1070. The number of carbonyl (C=O) groups excluding carboxylic acids is 2. The highest BCUT2D eigenvalue weighted by Gasteiger charge is 2.30. The number of carbonyl (C=O) groups is 2. The second-order valence-corrected chi connectivity index (χ2v) is 8.51. The standard InChI is InChI=1S/C24H28F2N6O3/c1-3-21(33)31-10-8-30(9-11-31)13-17-4-6-18(7-5-17)16(2)28-23-27-12-19-15-35-24(34)32(14-20(25)26)22(19)29-23/h3-7,12,16,20H,1,8-11,13-15H2,2H3,(H,27,28,29). The lowest BCUT2D eigenvalue weighted by Gasteiger charge is -2.34. The smallest absolute Gasteiger partial charge is 0.416 e. The molecule has 3 heterocycles. The third-order valence-corrected chi connectivity index (χ3v) is 6.08. The van der Waals surface area contributed by atoms with Crippen LogP contribution in [0.3, 0.4) is 0 Å². The van der Waals surface area contributed by atoms with E-state index in [1.54, 1.807) is 4.90 Å². The van der Waals surface area contributed by atoms with E-state index in [4.69, 9.17) is 4.74 Å². The van der Waals surface area contributed by atoms with Crippen LogP contribution >= 0.6 is 0 Å². The van der Waals surface area contributed by atoms with Crippen LogP contribution in [0.15, 0.2) is 43.1 Å². The minimum atomic E-state index is -2.71. The Labute approximate surface area is 202 Å². The molecule has 1 fully saturated rings. The molecule has 2 amide bonds. The molecule has 1 atom stereocenters. The molecule has 35 heavy (non-hydrogen) atoms. The van der Waals surface area contributed by atoms with Crippen LogP contribution < -0.4 is 10.2 Å². The Morgan fingerprint density at radius 2 is 1.94 bits per heavy atom. The summed E-state index contributed by atoms with van der Waals surface area (Å²) in [6.07, 6.45) is -0.726. The summed E-state index contributed by atoms with van der Waals surface area (Å²) in [5.41, 5.74) is 2.64. The number of halogens is 2. The summed E-state index contributed by atoms with van der Waals surface area (Å²) in [6, 6.07) is 7.99. The monoisotopic (exact) mass is 486 g/mol. The maximum Gasteiger partial charge on any atom is 0.416 e. The van der Waals surface area contributed by atoms with E-state index < -0.39 is 19.1 Å². The number of aromatic nitrogens is 2. The highest BCUT2D eigenvalue weighted by molar-refractivity contribution is 5.89. The van der Waals surface area contributed by atoms with Gasteiger partial charge in [-0.25, -0.2) is 18.6 Å². The summed E-state index contributed by atoms with van der Waals surface area (Å²) in [6.45, 7) is 8.44. The largest absolute Gasteiger partial charge is 0.444 e. The summed E-state index contributed by atoms with van der Waals surface area (Å²) in [4.78, 5) is 37.2. The molecule has 186 valence electrons. The number of nitrogens with one attached hydrogen (secondary N) is 1. The van der Waals surface area contributed by atoms with Crippen LogP contribution in [-0.2, 0) is 22.7 Å². The highest BCUT2D eigenvalue weighted by atomic mass is 19.3. The first-order valence-electron chi connectivity index (χ1n) is 11.4. The van der Waals surface area contributed by atoms with E-state index in [1.807, 2.05) is 19.1 Å². The van der Waals surface area contributed by atoms with Gasteiger partial charge in [0.1, 0.15) is 12.4 Å². The Kier molecular flexibility index (Phi) is 7.54. The van der Waals surface area contributed by atoms with Crippen molar-refractivity contribution in [2.45, 2.75) is 32.5 Å². The van der Waals surface area contributed by atoms with Gasteiger partial charge in [-0.3, -0.25) is 14.6 Å². The molecule has 0 bridgehead atoms. The van der Waals surface area contributed by atoms with Crippen LogP contribution in [0, 0.1) is 0 Å². The fourth-order valence-electron chi connectivity index (χ4n) is 4.11. The predicted molar refractivity (Wildman–Crippen MR) is 126 cm³/mol. The van der Waals surface area contributed by atoms with E-state index >= 15 is 0 Å². The minimum Gasteiger partial charge on any atom is -0.444 e. The van der Waals surface area contributed by atoms with Crippen molar-refractivity contribution < 1.29 is 23.1 Å². The van der Waals surface area contributed by atoms with E-state index in [9.17, 15) is 18.4 Å². The van der Waals surface area contributed by atoms with Gasteiger partial charge < -0.3 is 15.0 Å². The van der Waals surface area contributed by atoms with Gasteiger partial charge in [0.25, 0.3) is 6.43 Å². The number of amides is 2. The van der Waals surface area contributed by atoms with Crippen LogP contribution in [0.2, 0.25) is 0 Å². The van der Waals surface area contributed by atoms with Crippen molar-refractivity contribution in [3.63, 3.8) is 0 Å². The van der Waals surface area contributed by atoms with E-state index in [2.05, 4.69) is 38.9 Å². The normalized spacial score (nSPS) is 17.1. The number of ether oxygens (including phenoxy) is 1. The van der Waals surface area contributed by atoms with Gasteiger partial charge in [-0.2, -0.15) is 4.98 Å². The molecular formula is C24H28F2N6O3. The van der Waals surface area contributed by atoms with Gasteiger partial charge in [-0.1, -0.05) is 30.8 Å². The molecule has 0 spiro atoms. The fraction of sp³-hybridized carbons (Fsp3) is 0.417. The number of anilines is 2. The van der Waals surface area contributed by atoms with E-state index in [-0.39, 0.29) is 30.3 Å². The summed E-state index contributed by atoms with van der Waals surface area (Å²) in [5.74, 6) is 0.345. The number of nitrogens with zero attached hydrogens (tertiary/aromatic N) is 5. The molecule has 0 radical (unpaired) electrons. The second kappa shape index (κ2) is 10.8. The van der Waals surface area contributed by atoms with Crippen LogP contribution in [0.4, 0.5) is 25.3 Å². The number of piperazine rings is 1. The average molecular weight is 487 g/mol. The Hall–Kier alpha value is -3.60. The zero-order valence-electron chi connectivity index (χ0n) is 19.5. The summed E-state index contributed by atoms with van der Waals surface area (Å²) in [5, 5.41) is 3.17. The van der Waals surface area contributed by atoms with Crippen molar-refractivity contribution >= 4 is 23.8 Å². The fourth-order valence-corrected chi connectivity index (χ4v) is 4.11. The van der Waals surface area contributed by atoms with Gasteiger partial charge in [0.2, 0.25) is 11.9 Å². The van der Waals surface area contributed by atoms with Gasteiger partial charge in [0.15, 0.2) is 0 Å². The number of rotatable bonds is 8. The third kappa shape index (κ3) is 5.91. The summed E-state index contributed by atoms with van der Waals surface area (Å²) < 4.78 is 30.8. The zero-order valence-corrected chi connectivity index (χ0v) is 19.5. The van der Waals surface area contributed by atoms with Crippen LogP contribution in [0.5, 0.6) is 0 Å². The molecule has 1 unspecified atom stereocenters. The Morgan fingerprint density at radius 1 is 1.23 bits per heavy atom. The Balaban J connectivity index is 1.36. The number of alkyl halides is 2. The number of hydrogen-bond donors (Lipinski definition) is 1. The topological polar surface area (TPSA) is 90.9 Å². The van der Waals surface area contributed by atoms with Gasteiger partial charge >= 0.3 is 6.09 Å². The molecule has 1 aromatic heterocycles. The molecule has 1 N–H and O–H groups in total. The average Bonchev–Trinajstić information content (AvgIpc) is 2.86. The Morgan fingerprint density at radius 3 is 2.60 bits per heavy atom. The maximum atomic E-state index is 12.9. The van der Waals surface area contributed by atoms with Gasteiger partial charge in [-0.05, 0) is 24.1 Å². The minimum absolute atomic E-state index is 0.0277. The van der Waals surface area contributed by atoms with Crippen molar-refractivity contribution in [2.75, 3.05) is 42.9 Å². The molecule has 1 aromatic carbocycles. The molecule has 2 aromatic rings. The molecule has 2 aliphatic heterocycles. The van der Waals surface area contributed by atoms with E-state index in [0.717, 1.165) is 35.7 Å². The van der Waals surface area contributed by atoms with Crippen molar-refractivity contribution in [1.29, 1.82) is 0 Å². The van der Waals surface area contributed by atoms with Crippen LogP contribution in [0.25, 0.3) is 0 Å². The summed E-state index contributed by atoms with van der Waals surface area (Å²) >= 11 is 0. The molecule has 0 saturated carbocycles. The van der Waals surface area contributed by atoms with Gasteiger partial charge in [0.05, 0.1) is 18.2 Å². The zero-order chi connectivity index (χ0) is 24.9. The molecule has 0 aliphatic carbocycles. The third-order valence-electron chi connectivity index (χ3n) is 6.08. The van der Waals surface area contributed by atoms with Gasteiger partial charge in [0, 0.05) is 38.9 Å². The van der Waals surface area contributed by atoms with E-state index in [1.165, 1.54) is 12.3 Å². The molecule has 1 saturated heterocycles. The molecule has 11 heteroatoms. The van der Waals surface area contributed by atoms with Crippen molar-refractivity contribution in [2.24, 2.45) is 0 Å². The molecular weight excluding hydrogens is 458 g/mol. The lowest BCUT2D eigenvalue weighted by atomic mass is 10.1. The van der Waals surface area contributed by atoms with Crippen molar-refractivity contribution in [3.05, 3.63) is 59.8 Å². The maximum absolute atomic E-state index is 12.9. The van der Waals surface area contributed by atoms with E-state index in [0.29, 0.717) is 18.7 Å². The summed E-state index contributed by atoms with van der Waals surface area (Å²) in [7, 11) is 0. The quantitative estimate of drug-likeness (QED) is 0.573. The molecule has 4 rings (SSSR count). The lowest BCUT2D eigenvalue weighted by molar-refractivity contribution is -0.127. The molecule has 2 aliphatic rings. The number of fused-ring (bicyclic) bond motifs is 1. The first-order valence-corrected chi connectivity index (χ1v) is 11.4. The first-order chi connectivity index (χ1) is 16.8. The SMILES string of the molecule is C=CC(=O)N1CCN(Cc2ccc(C(C)Nc3ncc4c(n3)N(CC(F)F)C(=O)OC4)cc2)CC1. The van der Waals surface area contributed by atoms with Crippen LogP contribution in [0.1, 0.15) is 29.7 Å². The van der Waals surface area contributed by atoms with Crippen LogP contribution in [-0.4, -0.2) is 70.9 Å². The van der Waals surface area contributed by atoms with Crippen molar-refractivity contribution in [1.82, 2.24) is 19.8 Å². The van der Waals surface area contributed by atoms with Crippen molar-refractivity contribution in [3.8, 4) is 0 Å². The molecule has 9 nitrogen and oxygen atoms in total.